The Kier molecular flexibility index (Phi) is 7.64. The lowest BCUT2D eigenvalue weighted by Gasteiger charge is -2.32. The van der Waals surface area contributed by atoms with Gasteiger partial charge in [0.05, 0.1) is 6.10 Å². The monoisotopic (exact) mass is 374 g/mol. The molecule has 2 aromatic carbocycles. The number of amides is 1. The van der Waals surface area contributed by atoms with Gasteiger partial charge in [-0.25, -0.2) is 0 Å². The molecule has 4 nitrogen and oxygen atoms in total. The number of halogens is 1. The van der Waals surface area contributed by atoms with Crippen LogP contribution in [0.15, 0.2) is 48.5 Å². The van der Waals surface area contributed by atoms with Crippen molar-refractivity contribution in [3.8, 4) is 0 Å². The van der Waals surface area contributed by atoms with Crippen molar-refractivity contribution in [1.82, 2.24) is 5.32 Å². The zero-order chi connectivity index (χ0) is 17.6. The number of hydrogen-bond donors (Lipinski definition) is 2. The summed E-state index contributed by atoms with van der Waals surface area (Å²) < 4.78 is 6.02. The maximum Gasteiger partial charge on any atom is 0.251 e. The highest BCUT2D eigenvalue weighted by atomic mass is 35.5. The number of carbonyl (C=O) groups is 1. The van der Waals surface area contributed by atoms with Crippen LogP contribution in [0.4, 0.5) is 0 Å². The lowest BCUT2D eigenvalue weighted by atomic mass is 9.89. The van der Waals surface area contributed by atoms with E-state index in [0.29, 0.717) is 24.6 Å². The summed E-state index contributed by atoms with van der Waals surface area (Å²) in [5.74, 6) is 0.250. The van der Waals surface area contributed by atoms with Gasteiger partial charge in [-0.2, -0.15) is 0 Å². The standard InChI is InChI=1S/C21H26N2O2.ClH/c1-15-4-8-17(9-5-15)20-19(3-2-12-25-20)14-23-21(24)18-10-6-16(13-22)7-11-18;/h4-11,19-20H,2-3,12-14,22H2,1H3,(H,23,24);1H. The molecule has 1 saturated heterocycles. The molecule has 0 spiro atoms. The number of hydrogen-bond acceptors (Lipinski definition) is 3. The Balaban J connectivity index is 0.00000243. The lowest BCUT2D eigenvalue weighted by molar-refractivity contribution is -0.0272. The summed E-state index contributed by atoms with van der Waals surface area (Å²) in [5, 5.41) is 3.07. The molecule has 2 unspecified atom stereocenters. The fraction of sp³-hybridized carbons (Fsp3) is 0.381. The molecule has 2 atom stereocenters. The summed E-state index contributed by atoms with van der Waals surface area (Å²) in [6, 6.07) is 15.9. The van der Waals surface area contributed by atoms with Crippen molar-refractivity contribution >= 4 is 18.3 Å². The number of benzene rings is 2. The SMILES string of the molecule is Cc1ccc(C2OCCCC2CNC(=O)c2ccc(CN)cc2)cc1.Cl. The van der Waals surface area contributed by atoms with Gasteiger partial charge in [-0.3, -0.25) is 4.79 Å². The third kappa shape index (κ3) is 5.07. The molecule has 2 aromatic rings. The van der Waals surface area contributed by atoms with Crippen molar-refractivity contribution in [2.75, 3.05) is 13.2 Å². The topological polar surface area (TPSA) is 64.3 Å². The fourth-order valence-corrected chi connectivity index (χ4v) is 3.29. The average molecular weight is 375 g/mol. The minimum Gasteiger partial charge on any atom is -0.373 e. The van der Waals surface area contributed by atoms with Crippen molar-refractivity contribution in [3.05, 3.63) is 70.8 Å². The molecule has 5 heteroatoms. The largest absolute Gasteiger partial charge is 0.373 e. The molecule has 0 radical (unpaired) electrons. The number of nitrogens with two attached hydrogens (primary N) is 1. The molecule has 3 N–H and O–H groups in total. The minimum absolute atomic E-state index is 0. The third-order valence-corrected chi connectivity index (χ3v) is 4.83. The predicted octanol–water partition coefficient (Wildman–Crippen LogP) is 3.77. The van der Waals surface area contributed by atoms with E-state index in [1.807, 2.05) is 24.3 Å². The van der Waals surface area contributed by atoms with E-state index >= 15 is 0 Å². The smallest absolute Gasteiger partial charge is 0.251 e. The predicted molar refractivity (Wildman–Crippen MR) is 107 cm³/mol. The summed E-state index contributed by atoms with van der Waals surface area (Å²) in [6.07, 6.45) is 2.15. The van der Waals surface area contributed by atoms with Gasteiger partial charge in [-0.1, -0.05) is 42.0 Å². The second kappa shape index (κ2) is 9.72. The number of ether oxygens (including phenoxy) is 1. The van der Waals surface area contributed by atoms with E-state index in [-0.39, 0.29) is 24.4 Å². The molecule has 140 valence electrons. The fourth-order valence-electron chi connectivity index (χ4n) is 3.29. The van der Waals surface area contributed by atoms with E-state index in [0.717, 1.165) is 25.0 Å². The van der Waals surface area contributed by atoms with Gasteiger partial charge < -0.3 is 15.8 Å². The van der Waals surface area contributed by atoms with Crippen molar-refractivity contribution in [1.29, 1.82) is 0 Å². The molecule has 1 amide bonds. The van der Waals surface area contributed by atoms with Crippen molar-refractivity contribution < 1.29 is 9.53 Å². The van der Waals surface area contributed by atoms with E-state index in [2.05, 4.69) is 36.5 Å². The van der Waals surface area contributed by atoms with Crippen LogP contribution >= 0.6 is 12.4 Å². The van der Waals surface area contributed by atoms with Crippen LogP contribution in [0.3, 0.4) is 0 Å². The quantitative estimate of drug-likeness (QED) is 0.837. The summed E-state index contributed by atoms with van der Waals surface area (Å²) in [7, 11) is 0. The Morgan fingerprint density at radius 2 is 1.85 bits per heavy atom. The van der Waals surface area contributed by atoms with Crippen LogP contribution in [0.1, 0.15) is 46.0 Å². The Morgan fingerprint density at radius 3 is 2.50 bits per heavy atom. The number of rotatable bonds is 5. The van der Waals surface area contributed by atoms with Gasteiger partial charge in [-0.15, -0.1) is 12.4 Å². The first-order chi connectivity index (χ1) is 12.2. The van der Waals surface area contributed by atoms with Gasteiger partial charge in [0.25, 0.3) is 5.91 Å². The molecular formula is C21H27ClN2O2. The highest BCUT2D eigenvalue weighted by Gasteiger charge is 2.27. The molecule has 1 aliphatic rings. The maximum absolute atomic E-state index is 12.4. The van der Waals surface area contributed by atoms with E-state index in [1.165, 1.54) is 11.1 Å². The van der Waals surface area contributed by atoms with Crippen LogP contribution in [0, 0.1) is 12.8 Å². The molecule has 1 aliphatic heterocycles. The van der Waals surface area contributed by atoms with Crippen molar-refractivity contribution in [2.24, 2.45) is 11.7 Å². The first kappa shape index (κ1) is 20.4. The van der Waals surface area contributed by atoms with Gasteiger partial charge >= 0.3 is 0 Å². The minimum atomic E-state index is -0.0446. The Morgan fingerprint density at radius 1 is 1.15 bits per heavy atom. The van der Waals surface area contributed by atoms with E-state index in [1.54, 1.807) is 0 Å². The van der Waals surface area contributed by atoms with Gasteiger partial charge in [-0.05, 0) is 43.0 Å². The van der Waals surface area contributed by atoms with Crippen molar-refractivity contribution in [2.45, 2.75) is 32.4 Å². The number of nitrogens with one attached hydrogen (secondary N) is 1. The summed E-state index contributed by atoms with van der Waals surface area (Å²) >= 11 is 0. The normalized spacial score (nSPS) is 19.5. The molecule has 1 fully saturated rings. The van der Waals surface area contributed by atoms with Gasteiger partial charge in [0.15, 0.2) is 0 Å². The van der Waals surface area contributed by atoms with Crippen LogP contribution < -0.4 is 11.1 Å². The maximum atomic E-state index is 12.4. The van der Waals surface area contributed by atoms with Crippen LogP contribution in [0.25, 0.3) is 0 Å². The molecule has 0 aliphatic carbocycles. The molecule has 3 rings (SSSR count). The van der Waals surface area contributed by atoms with Crippen LogP contribution in [-0.2, 0) is 11.3 Å². The van der Waals surface area contributed by atoms with Gasteiger partial charge in [0, 0.05) is 31.2 Å². The first-order valence-corrected chi connectivity index (χ1v) is 8.93. The van der Waals surface area contributed by atoms with Gasteiger partial charge in [0.2, 0.25) is 0 Å². The van der Waals surface area contributed by atoms with Gasteiger partial charge in [0.1, 0.15) is 0 Å². The van der Waals surface area contributed by atoms with E-state index in [4.69, 9.17) is 10.5 Å². The lowest BCUT2D eigenvalue weighted by Crippen LogP contribution is -2.35. The Hall–Kier alpha value is -1.88. The Labute approximate surface area is 161 Å². The summed E-state index contributed by atoms with van der Waals surface area (Å²) in [6.45, 7) is 3.97. The molecule has 0 aromatic heterocycles. The summed E-state index contributed by atoms with van der Waals surface area (Å²) in [4.78, 5) is 12.4. The van der Waals surface area contributed by atoms with E-state index in [9.17, 15) is 4.79 Å². The molecule has 1 heterocycles. The zero-order valence-corrected chi connectivity index (χ0v) is 15.9. The second-order valence-corrected chi connectivity index (χ2v) is 6.72. The summed E-state index contributed by atoms with van der Waals surface area (Å²) in [5.41, 5.74) is 9.72. The zero-order valence-electron chi connectivity index (χ0n) is 15.1. The second-order valence-electron chi connectivity index (χ2n) is 6.72. The highest BCUT2D eigenvalue weighted by Crippen LogP contribution is 2.33. The van der Waals surface area contributed by atoms with Crippen LogP contribution in [-0.4, -0.2) is 19.1 Å². The third-order valence-electron chi connectivity index (χ3n) is 4.83. The van der Waals surface area contributed by atoms with Crippen LogP contribution in [0.5, 0.6) is 0 Å². The first-order valence-electron chi connectivity index (χ1n) is 8.93. The number of aryl methyl sites for hydroxylation is 1. The molecule has 0 saturated carbocycles. The molecular weight excluding hydrogens is 348 g/mol. The average Bonchev–Trinajstić information content (AvgIpc) is 2.67. The molecule has 26 heavy (non-hydrogen) atoms. The van der Waals surface area contributed by atoms with Crippen LogP contribution in [0.2, 0.25) is 0 Å². The van der Waals surface area contributed by atoms with E-state index < -0.39 is 0 Å². The number of carbonyl (C=O) groups excluding carboxylic acids is 1. The Bertz CT molecular complexity index is 701. The molecule has 0 bridgehead atoms. The van der Waals surface area contributed by atoms with Crippen molar-refractivity contribution in [3.63, 3.8) is 0 Å². The highest BCUT2D eigenvalue weighted by molar-refractivity contribution is 5.94.